The monoisotopic (exact) mass is 372 g/mol. The van der Waals surface area contributed by atoms with Crippen LogP contribution in [0.5, 0.6) is 0 Å². The summed E-state index contributed by atoms with van der Waals surface area (Å²) in [6, 6.07) is 8.30. The summed E-state index contributed by atoms with van der Waals surface area (Å²) in [5.74, 6) is -0.461. The van der Waals surface area contributed by atoms with Gasteiger partial charge in [-0.25, -0.2) is 0 Å². The van der Waals surface area contributed by atoms with E-state index in [1.54, 1.807) is 0 Å². The summed E-state index contributed by atoms with van der Waals surface area (Å²) in [7, 11) is 1.38. The third-order valence-electron chi connectivity index (χ3n) is 5.47. The van der Waals surface area contributed by atoms with Gasteiger partial charge in [0.15, 0.2) is 5.78 Å². The lowest BCUT2D eigenvalue weighted by atomic mass is 9.80. The van der Waals surface area contributed by atoms with Crippen LogP contribution >= 0.6 is 0 Å². The van der Waals surface area contributed by atoms with Gasteiger partial charge >= 0.3 is 5.97 Å². The van der Waals surface area contributed by atoms with E-state index in [1.807, 2.05) is 12.2 Å². The fourth-order valence-corrected chi connectivity index (χ4v) is 3.69. The maximum absolute atomic E-state index is 12.4. The van der Waals surface area contributed by atoms with Gasteiger partial charge < -0.3 is 9.84 Å². The molecule has 2 rings (SSSR count). The first-order valence-corrected chi connectivity index (χ1v) is 9.76. The quantitative estimate of drug-likeness (QED) is 0.436. The maximum atomic E-state index is 12.4. The molecule has 1 aliphatic rings. The number of unbranched alkanes of at least 4 members (excludes halogenated alkanes) is 1. The van der Waals surface area contributed by atoms with Crippen molar-refractivity contribution in [1.82, 2.24) is 0 Å². The minimum atomic E-state index is -1.33. The molecule has 1 aliphatic carbocycles. The van der Waals surface area contributed by atoms with Crippen molar-refractivity contribution in [3.05, 3.63) is 47.5 Å². The molecule has 1 N–H and O–H groups in total. The molecule has 1 fully saturated rings. The van der Waals surface area contributed by atoms with Gasteiger partial charge in [-0.05, 0) is 35.8 Å². The summed E-state index contributed by atoms with van der Waals surface area (Å²) in [5, 5.41) is 11.1. The number of esters is 1. The number of carbonyl (C=O) groups excluding carboxylic acids is 2. The number of carbonyl (C=O) groups is 2. The number of allylic oxidation sites excluding steroid dienone is 1. The fraction of sp³-hybridized carbons (Fsp3) is 0.565. The molecule has 4 nitrogen and oxygen atoms in total. The third-order valence-corrected chi connectivity index (χ3v) is 5.47. The number of methoxy groups -OCH3 is 1. The molecular formula is C23H32O4. The molecule has 1 aromatic rings. The van der Waals surface area contributed by atoms with Crippen molar-refractivity contribution in [3.63, 3.8) is 0 Å². The van der Waals surface area contributed by atoms with Crippen LogP contribution < -0.4 is 0 Å². The van der Waals surface area contributed by atoms with E-state index in [1.165, 1.54) is 12.7 Å². The minimum Gasteiger partial charge on any atom is -0.469 e. The van der Waals surface area contributed by atoms with Crippen LogP contribution in [0.25, 0.3) is 0 Å². The third kappa shape index (κ3) is 5.29. The second-order valence-corrected chi connectivity index (χ2v) is 8.45. The molecule has 4 heteroatoms. The van der Waals surface area contributed by atoms with Gasteiger partial charge in [-0.3, -0.25) is 9.59 Å². The Morgan fingerprint density at radius 1 is 1.26 bits per heavy atom. The molecule has 148 valence electrons. The Bertz CT molecular complexity index is 681. The first kappa shape index (κ1) is 21.4. The molecule has 2 atom stereocenters. The Hall–Kier alpha value is -1.94. The summed E-state index contributed by atoms with van der Waals surface area (Å²) in [6.07, 6.45) is 7.03. The van der Waals surface area contributed by atoms with Gasteiger partial charge in [-0.15, -0.1) is 0 Å². The van der Waals surface area contributed by atoms with Crippen LogP contribution in [0.15, 0.2) is 36.4 Å². The van der Waals surface area contributed by atoms with Crippen molar-refractivity contribution in [1.29, 1.82) is 0 Å². The summed E-state index contributed by atoms with van der Waals surface area (Å²) in [5.41, 5.74) is 1.01. The van der Waals surface area contributed by atoms with Crippen LogP contribution in [0.1, 0.15) is 76.3 Å². The number of ether oxygens (including phenoxy) is 1. The van der Waals surface area contributed by atoms with Crippen LogP contribution in [0.2, 0.25) is 0 Å². The van der Waals surface area contributed by atoms with E-state index in [9.17, 15) is 14.7 Å². The van der Waals surface area contributed by atoms with Gasteiger partial charge in [-0.1, -0.05) is 57.2 Å². The number of Topliss-reactive ketones (excluding diaryl/α,β-unsaturated/α-hetero) is 1. The lowest BCUT2D eigenvalue weighted by Crippen LogP contribution is -2.38. The second kappa shape index (κ2) is 8.83. The Morgan fingerprint density at radius 2 is 1.93 bits per heavy atom. The van der Waals surface area contributed by atoms with Gasteiger partial charge in [0.2, 0.25) is 0 Å². The molecule has 27 heavy (non-hydrogen) atoms. The molecule has 0 radical (unpaired) electrons. The number of rotatable bonds is 7. The van der Waals surface area contributed by atoms with E-state index < -0.39 is 5.60 Å². The molecule has 0 aromatic heterocycles. The van der Waals surface area contributed by atoms with Crippen LogP contribution in [0, 0.1) is 0 Å². The normalized spacial score (nSPS) is 23.1. The Balaban J connectivity index is 2.02. The Kier molecular flexibility index (Phi) is 6.99. The highest BCUT2D eigenvalue weighted by molar-refractivity contribution is 5.91. The molecule has 1 saturated carbocycles. The zero-order chi connectivity index (χ0) is 20.1. The largest absolute Gasteiger partial charge is 0.469 e. The SMILES string of the molecule is COC(=O)CCC/C=C\CC1(O)C(=O)CC[C@H]1c1ccc(C(C)(C)C)cc1. The fourth-order valence-electron chi connectivity index (χ4n) is 3.69. The van der Waals surface area contributed by atoms with E-state index in [2.05, 4.69) is 49.8 Å². The summed E-state index contributed by atoms with van der Waals surface area (Å²) < 4.78 is 4.61. The van der Waals surface area contributed by atoms with Crippen LogP contribution in [0.3, 0.4) is 0 Å². The van der Waals surface area contributed by atoms with Gasteiger partial charge in [0.05, 0.1) is 7.11 Å². The molecule has 0 aliphatic heterocycles. The standard InChI is InChI=1S/C23H32O4/c1-22(2,3)18-12-10-17(11-13-18)19-14-15-20(24)23(19,26)16-8-6-5-7-9-21(25)27-4/h6,8,10-13,19,26H,5,7,9,14-16H2,1-4H3/b8-6-/t19-,23?/m0/s1. The van der Waals surface area contributed by atoms with Gasteiger partial charge in [0.25, 0.3) is 0 Å². The highest BCUT2D eigenvalue weighted by Gasteiger charge is 2.48. The lowest BCUT2D eigenvalue weighted by Gasteiger charge is -2.28. The van der Waals surface area contributed by atoms with Crippen molar-refractivity contribution >= 4 is 11.8 Å². The van der Waals surface area contributed by atoms with Gasteiger partial charge in [0, 0.05) is 25.2 Å². The average Bonchev–Trinajstić information content (AvgIpc) is 2.92. The zero-order valence-electron chi connectivity index (χ0n) is 17.0. The smallest absolute Gasteiger partial charge is 0.305 e. The predicted octanol–water partition coefficient (Wildman–Crippen LogP) is 4.45. The number of aliphatic hydroxyl groups is 1. The molecule has 0 saturated heterocycles. The van der Waals surface area contributed by atoms with Crippen molar-refractivity contribution in [2.45, 2.75) is 76.2 Å². The van der Waals surface area contributed by atoms with E-state index in [0.717, 1.165) is 12.0 Å². The summed E-state index contributed by atoms with van der Waals surface area (Å²) >= 11 is 0. The van der Waals surface area contributed by atoms with E-state index in [4.69, 9.17) is 0 Å². The van der Waals surface area contributed by atoms with E-state index >= 15 is 0 Å². The molecule has 0 heterocycles. The minimum absolute atomic E-state index is 0.0767. The second-order valence-electron chi connectivity index (χ2n) is 8.45. The zero-order valence-corrected chi connectivity index (χ0v) is 17.0. The molecular weight excluding hydrogens is 340 g/mol. The van der Waals surface area contributed by atoms with E-state index in [0.29, 0.717) is 32.1 Å². The first-order chi connectivity index (χ1) is 12.7. The predicted molar refractivity (Wildman–Crippen MR) is 107 cm³/mol. The summed E-state index contributed by atoms with van der Waals surface area (Å²) in [6.45, 7) is 6.51. The number of hydrogen-bond donors (Lipinski definition) is 1. The maximum Gasteiger partial charge on any atom is 0.305 e. The number of hydrogen-bond acceptors (Lipinski definition) is 4. The van der Waals surface area contributed by atoms with Gasteiger partial charge in [0.1, 0.15) is 5.60 Å². The highest BCUT2D eigenvalue weighted by atomic mass is 16.5. The highest BCUT2D eigenvalue weighted by Crippen LogP contribution is 2.43. The molecule has 0 bridgehead atoms. The molecule has 0 spiro atoms. The Labute approximate surface area is 162 Å². The first-order valence-electron chi connectivity index (χ1n) is 9.76. The molecule has 1 aromatic carbocycles. The van der Waals surface area contributed by atoms with Crippen molar-refractivity contribution in [3.8, 4) is 0 Å². The molecule has 0 amide bonds. The number of benzene rings is 1. The molecule has 1 unspecified atom stereocenters. The van der Waals surface area contributed by atoms with Gasteiger partial charge in [-0.2, -0.15) is 0 Å². The van der Waals surface area contributed by atoms with Crippen LogP contribution in [0.4, 0.5) is 0 Å². The lowest BCUT2D eigenvalue weighted by molar-refractivity contribution is -0.140. The van der Waals surface area contributed by atoms with Crippen molar-refractivity contribution in [2.75, 3.05) is 7.11 Å². The average molecular weight is 373 g/mol. The van der Waals surface area contributed by atoms with Crippen molar-refractivity contribution < 1.29 is 19.4 Å². The van der Waals surface area contributed by atoms with E-state index in [-0.39, 0.29) is 23.1 Å². The van der Waals surface area contributed by atoms with Crippen LogP contribution in [-0.2, 0) is 19.7 Å². The topological polar surface area (TPSA) is 63.6 Å². The Morgan fingerprint density at radius 3 is 2.52 bits per heavy atom. The van der Waals surface area contributed by atoms with Crippen LogP contribution in [-0.4, -0.2) is 29.6 Å². The number of ketones is 1. The summed E-state index contributed by atoms with van der Waals surface area (Å²) in [4.78, 5) is 23.5. The van der Waals surface area contributed by atoms with Crippen molar-refractivity contribution in [2.24, 2.45) is 0 Å².